The average molecular weight is 358 g/mol. The molecule has 2 aromatic carbocycles. The van der Waals surface area contributed by atoms with Gasteiger partial charge in [0, 0.05) is 6.07 Å². The fraction of sp³-hybridized carbons (Fsp3) is 0.158. The second-order valence-electron chi connectivity index (χ2n) is 5.54. The first-order valence-corrected chi connectivity index (χ1v) is 7.93. The summed E-state index contributed by atoms with van der Waals surface area (Å²) in [5, 5.41) is -0.105. The maximum Gasteiger partial charge on any atom is 0.277 e. The lowest BCUT2D eigenvalue weighted by atomic mass is 10.0. The van der Waals surface area contributed by atoms with Crippen molar-refractivity contribution in [1.29, 1.82) is 0 Å². The van der Waals surface area contributed by atoms with E-state index >= 15 is 0 Å². The van der Waals surface area contributed by atoms with Crippen molar-refractivity contribution < 1.29 is 19.1 Å². The van der Waals surface area contributed by atoms with E-state index < -0.39 is 11.8 Å². The lowest BCUT2D eigenvalue weighted by Crippen LogP contribution is -2.31. The number of carbonyl (C=O) groups is 2. The summed E-state index contributed by atoms with van der Waals surface area (Å²) in [7, 11) is 2.98. The third-order valence-electron chi connectivity index (χ3n) is 4.00. The van der Waals surface area contributed by atoms with Crippen molar-refractivity contribution in [1.82, 2.24) is 0 Å². The van der Waals surface area contributed by atoms with Gasteiger partial charge in [0.25, 0.3) is 11.8 Å². The quantitative estimate of drug-likeness (QED) is 0.785. The molecular weight excluding hydrogens is 342 g/mol. The number of hydrogen-bond donors (Lipinski definition) is 0. The van der Waals surface area contributed by atoms with Gasteiger partial charge in [-0.2, -0.15) is 0 Å². The first-order valence-electron chi connectivity index (χ1n) is 7.55. The Morgan fingerprint density at radius 2 is 1.60 bits per heavy atom. The molecule has 128 valence electrons. The number of ether oxygens (including phenoxy) is 2. The smallest absolute Gasteiger partial charge is 0.277 e. The Kier molecular flexibility index (Phi) is 4.51. The van der Waals surface area contributed by atoms with Crippen LogP contribution in [-0.4, -0.2) is 26.0 Å². The molecule has 0 radical (unpaired) electrons. The molecule has 0 aromatic heterocycles. The standard InChI is InChI=1S/C19H16ClNO4/c1-11-4-6-12(7-5-11)16-17(20)19(23)21(18(16)22)14-9-8-13(24-2)10-15(14)25-3/h4-10H,1-3H3. The Hall–Kier alpha value is -2.79. The molecule has 2 aromatic rings. The topological polar surface area (TPSA) is 55.8 Å². The van der Waals surface area contributed by atoms with Crippen LogP contribution in [0.15, 0.2) is 47.5 Å². The predicted octanol–water partition coefficient (Wildman–Crippen LogP) is 3.54. The molecule has 0 spiro atoms. The highest BCUT2D eigenvalue weighted by atomic mass is 35.5. The number of anilines is 1. The van der Waals surface area contributed by atoms with Crippen LogP contribution < -0.4 is 14.4 Å². The number of aryl methyl sites for hydroxylation is 1. The minimum absolute atomic E-state index is 0.105. The van der Waals surface area contributed by atoms with Crippen molar-refractivity contribution in [3.63, 3.8) is 0 Å². The molecule has 0 aliphatic carbocycles. The van der Waals surface area contributed by atoms with E-state index in [4.69, 9.17) is 21.1 Å². The number of methoxy groups -OCH3 is 2. The summed E-state index contributed by atoms with van der Waals surface area (Å²) in [5.74, 6) is -0.166. The number of halogens is 1. The first-order chi connectivity index (χ1) is 12.0. The molecule has 0 unspecified atom stereocenters. The van der Waals surface area contributed by atoms with Crippen molar-refractivity contribution >= 4 is 34.7 Å². The molecule has 0 atom stereocenters. The number of imide groups is 1. The van der Waals surface area contributed by atoms with E-state index in [-0.39, 0.29) is 10.6 Å². The highest BCUT2D eigenvalue weighted by Crippen LogP contribution is 2.40. The Balaban J connectivity index is 2.06. The van der Waals surface area contributed by atoms with E-state index in [0.29, 0.717) is 22.7 Å². The van der Waals surface area contributed by atoms with Gasteiger partial charge in [-0.3, -0.25) is 9.59 Å². The maximum absolute atomic E-state index is 12.9. The molecule has 0 N–H and O–H groups in total. The summed E-state index contributed by atoms with van der Waals surface area (Å²) in [6.45, 7) is 1.94. The second-order valence-corrected chi connectivity index (χ2v) is 5.92. The molecule has 25 heavy (non-hydrogen) atoms. The van der Waals surface area contributed by atoms with Gasteiger partial charge >= 0.3 is 0 Å². The van der Waals surface area contributed by atoms with Gasteiger partial charge in [0.05, 0.1) is 25.5 Å². The molecule has 0 saturated heterocycles. The van der Waals surface area contributed by atoms with Crippen LogP contribution in [0.1, 0.15) is 11.1 Å². The minimum Gasteiger partial charge on any atom is -0.497 e. The Morgan fingerprint density at radius 3 is 2.20 bits per heavy atom. The third kappa shape index (κ3) is 2.87. The van der Waals surface area contributed by atoms with Gasteiger partial charge < -0.3 is 9.47 Å². The van der Waals surface area contributed by atoms with Crippen LogP contribution in [0.25, 0.3) is 5.57 Å². The fourth-order valence-electron chi connectivity index (χ4n) is 2.66. The predicted molar refractivity (Wildman–Crippen MR) is 96.0 cm³/mol. The minimum atomic E-state index is -0.578. The van der Waals surface area contributed by atoms with E-state index in [1.807, 2.05) is 19.1 Å². The van der Waals surface area contributed by atoms with Crippen molar-refractivity contribution in [2.75, 3.05) is 19.1 Å². The summed E-state index contributed by atoms with van der Waals surface area (Å²) in [5.41, 5.74) is 2.15. The van der Waals surface area contributed by atoms with Crippen molar-refractivity contribution in [3.05, 3.63) is 58.6 Å². The highest BCUT2D eigenvalue weighted by Gasteiger charge is 2.40. The molecule has 3 rings (SSSR count). The maximum atomic E-state index is 12.9. The summed E-state index contributed by atoms with van der Waals surface area (Å²) < 4.78 is 10.4. The lowest BCUT2D eigenvalue weighted by Gasteiger charge is -2.18. The number of amides is 2. The van der Waals surface area contributed by atoms with E-state index in [1.165, 1.54) is 14.2 Å². The molecule has 5 nitrogen and oxygen atoms in total. The van der Waals surface area contributed by atoms with Gasteiger partial charge in [0.15, 0.2) is 0 Å². The average Bonchev–Trinajstić information content (AvgIpc) is 2.84. The molecular formula is C19H16ClNO4. The number of rotatable bonds is 4. The SMILES string of the molecule is COc1ccc(N2C(=O)C(Cl)=C(c3ccc(C)cc3)C2=O)c(OC)c1. The number of nitrogens with zero attached hydrogens (tertiary/aromatic N) is 1. The Labute approximate surface area is 150 Å². The van der Waals surface area contributed by atoms with Gasteiger partial charge in [-0.1, -0.05) is 41.4 Å². The number of hydrogen-bond acceptors (Lipinski definition) is 4. The molecule has 6 heteroatoms. The van der Waals surface area contributed by atoms with Crippen LogP contribution in [0, 0.1) is 6.92 Å². The Morgan fingerprint density at radius 1 is 0.920 bits per heavy atom. The molecule has 0 bridgehead atoms. The summed E-state index contributed by atoms with van der Waals surface area (Å²) >= 11 is 6.20. The van der Waals surface area contributed by atoms with Crippen LogP contribution in [-0.2, 0) is 9.59 Å². The zero-order valence-electron chi connectivity index (χ0n) is 14.0. The van der Waals surface area contributed by atoms with Crippen molar-refractivity contribution in [3.8, 4) is 11.5 Å². The second kappa shape index (κ2) is 6.61. The molecule has 1 aliphatic rings. The van der Waals surface area contributed by atoms with E-state index in [1.54, 1.807) is 30.3 Å². The molecule has 1 aliphatic heterocycles. The van der Waals surface area contributed by atoms with Gasteiger partial charge in [-0.25, -0.2) is 4.90 Å². The van der Waals surface area contributed by atoms with Crippen molar-refractivity contribution in [2.24, 2.45) is 0 Å². The largest absolute Gasteiger partial charge is 0.497 e. The van der Waals surface area contributed by atoms with Gasteiger partial charge in [-0.05, 0) is 24.6 Å². The highest BCUT2D eigenvalue weighted by molar-refractivity contribution is 6.60. The normalized spacial score (nSPS) is 14.3. The number of benzene rings is 2. The summed E-state index contributed by atoms with van der Waals surface area (Å²) in [6, 6.07) is 12.1. The zero-order chi connectivity index (χ0) is 18.1. The molecule has 0 fully saturated rings. The van der Waals surface area contributed by atoms with Gasteiger partial charge in [0.2, 0.25) is 0 Å². The van der Waals surface area contributed by atoms with Crippen molar-refractivity contribution in [2.45, 2.75) is 6.92 Å². The monoisotopic (exact) mass is 357 g/mol. The van der Waals surface area contributed by atoms with Crippen LogP contribution in [0.3, 0.4) is 0 Å². The Bertz CT molecular complexity index is 887. The summed E-state index contributed by atoms with van der Waals surface area (Å²) in [6.07, 6.45) is 0. The summed E-state index contributed by atoms with van der Waals surface area (Å²) in [4.78, 5) is 26.6. The third-order valence-corrected chi connectivity index (χ3v) is 4.35. The molecule has 1 heterocycles. The van der Waals surface area contributed by atoms with Crippen LogP contribution in [0.5, 0.6) is 11.5 Å². The molecule has 2 amide bonds. The first kappa shape index (κ1) is 17.0. The van der Waals surface area contributed by atoms with Crippen LogP contribution in [0.4, 0.5) is 5.69 Å². The fourth-order valence-corrected chi connectivity index (χ4v) is 2.94. The zero-order valence-corrected chi connectivity index (χ0v) is 14.8. The van der Waals surface area contributed by atoms with Crippen LogP contribution in [0.2, 0.25) is 0 Å². The molecule has 0 saturated carbocycles. The van der Waals surface area contributed by atoms with E-state index in [0.717, 1.165) is 10.5 Å². The van der Waals surface area contributed by atoms with E-state index in [9.17, 15) is 9.59 Å². The number of carbonyl (C=O) groups excluding carboxylic acids is 2. The lowest BCUT2D eigenvalue weighted by molar-refractivity contribution is -0.119. The van der Waals surface area contributed by atoms with Gasteiger partial charge in [-0.15, -0.1) is 0 Å². The van der Waals surface area contributed by atoms with Crippen LogP contribution >= 0.6 is 11.6 Å². The van der Waals surface area contributed by atoms with E-state index in [2.05, 4.69) is 0 Å². The van der Waals surface area contributed by atoms with Gasteiger partial charge in [0.1, 0.15) is 16.5 Å².